The van der Waals surface area contributed by atoms with Crippen molar-refractivity contribution in [2.24, 2.45) is 12.2 Å². The van der Waals surface area contributed by atoms with Crippen LogP contribution >= 0.6 is 0 Å². The number of oxime groups is 1. The monoisotopic (exact) mass is 479 g/mol. The van der Waals surface area contributed by atoms with Crippen molar-refractivity contribution in [3.63, 3.8) is 0 Å². The van der Waals surface area contributed by atoms with Crippen molar-refractivity contribution < 1.29 is 19.5 Å². The third-order valence-corrected chi connectivity index (χ3v) is 6.11. The molecule has 0 radical (unpaired) electrons. The Labute approximate surface area is 205 Å². The highest BCUT2D eigenvalue weighted by molar-refractivity contribution is 6.48. The average Bonchev–Trinajstić information content (AvgIpc) is 3.23. The van der Waals surface area contributed by atoms with Gasteiger partial charge in [0, 0.05) is 48.6 Å². The summed E-state index contributed by atoms with van der Waals surface area (Å²) in [6, 6.07) is 13.2. The molecule has 0 atom stereocenters. The second kappa shape index (κ2) is 10.5. The van der Waals surface area contributed by atoms with E-state index in [-0.39, 0.29) is 11.1 Å². The molecule has 2 aromatic carbocycles. The van der Waals surface area contributed by atoms with Gasteiger partial charge in [-0.15, -0.1) is 0 Å². The van der Waals surface area contributed by atoms with Crippen molar-refractivity contribution in [3.8, 4) is 5.75 Å². The molecule has 1 amide bonds. The fraction of sp³-hybridized carbons (Fsp3) is 0.423. The number of fused-ring (bicyclic) bond motifs is 1. The van der Waals surface area contributed by atoms with E-state index in [1.54, 1.807) is 17.8 Å². The lowest BCUT2D eigenvalue weighted by molar-refractivity contribution is -0.110. The SMILES string of the molecule is Cn1nc(C(C)(C)C)cc1/C(=N/O)C(=O)Nc1ccc(OCCN2CCOCC2)c2ccccc12. The number of nitrogens with zero attached hydrogens (tertiary/aromatic N) is 4. The van der Waals surface area contributed by atoms with Crippen LogP contribution in [-0.4, -0.2) is 71.0 Å². The molecular weight excluding hydrogens is 446 g/mol. The molecule has 2 heterocycles. The Morgan fingerprint density at radius 2 is 1.89 bits per heavy atom. The maximum absolute atomic E-state index is 13.1. The van der Waals surface area contributed by atoms with Crippen LogP contribution in [0, 0.1) is 0 Å². The number of amides is 1. The fourth-order valence-corrected chi connectivity index (χ4v) is 4.07. The molecule has 0 unspecified atom stereocenters. The molecule has 1 aliphatic heterocycles. The molecule has 3 aromatic rings. The zero-order chi connectivity index (χ0) is 25.0. The minimum absolute atomic E-state index is 0.106. The number of carbonyl (C=O) groups is 1. The molecule has 9 heteroatoms. The van der Waals surface area contributed by atoms with Gasteiger partial charge in [-0.1, -0.05) is 50.2 Å². The molecule has 35 heavy (non-hydrogen) atoms. The summed E-state index contributed by atoms with van der Waals surface area (Å²) >= 11 is 0. The largest absolute Gasteiger partial charge is 0.492 e. The smallest absolute Gasteiger partial charge is 0.279 e. The lowest BCUT2D eigenvalue weighted by Crippen LogP contribution is -2.38. The van der Waals surface area contributed by atoms with E-state index in [1.165, 1.54) is 0 Å². The first-order chi connectivity index (χ1) is 16.8. The number of hydrogen-bond acceptors (Lipinski definition) is 7. The number of morpholine rings is 1. The van der Waals surface area contributed by atoms with E-state index in [0.29, 0.717) is 18.0 Å². The first kappa shape index (κ1) is 24.7. The highest BCUT2D eigenvalue weighted by Gasteiger charge is 2.25. The Morgan fingerprint density at radius 1 is 1.17 bits per heavy atom. The quantitative estimate of drug-likeness (QED) is 0.306. The van der Waals surface area contributed by atoms with Crippen LogP contribution in [0.5, 0.6) is 5.75 Å². The molecule has 1 aliphatic rings. The van der Waals surface area contributed by atoms with Crippen LogP contribution in [0.2, 0.25) is 0 Å². The first-order valence-electron chi connectivity index (χ1n) is 11.8. The van der Waals surface area contributed by atoms with Crippen molar-refractivity contribution in [3.05, 3.63) is 53.9 Å². The number of anilines is 1. The minimum atomic E-state index is -0.526. The highest BCUT2D eigenvalue weighted by Crippen LogP contribution is 2.32. The molecule has 0 bridgehead atoms. The van der Waals surface area contributed by atoms with Crippen molar-refractivity contribution >= 4 is 28.1 Å². The highest BCUT2D eigenvalue weighted by atomic mass is 16.5. The lowest BCUT2D eigenvalue weighted by atomic mass is 9.92. The summed E-state index contributed by atoms with van der Waals surface area (Å²) in [6.07, 6.45) is 0. The van der Waals surface area contributed by atoms with E-state index in [0.717, 1.165) is 55.1 Å². The predicted molar refractivity (Wildman–Crippen MR) is 136 cm³/mol. The van der Waals surface area contributed by atoms with Gasteiger partial charge >= 0.3 is 0 Å². The van der Waals surface area contributed by atoms with Crippen molar-refractivity contribution in [2.75, 3.05) is 44.8 Å². The van der Waals surface area contributed by atoms with Crippen LogP contribution in [0.3, 0.4) is 0 Å². The number of rotatable bonds is 7. The summed E-state index contributed by atoms with van der Waals surface area (Å²) in [5.41, 5.74) is 1.52. The summed E-state index contributed by atoms with van der Waals surface area (Å²) in [4.78, 5) is 15.5. The molecule has 186 valence electrons. The zero-order valence-corrected chi connectivity index (χ0v) is 20.7. The van der Waals surface area contributed by atoms with Gasteiger partial charge in [-0.25, -0.2) is 0 Å². The minimum Gasteiger partial charge on any atom is -0.492 e. The second-order valence-electron chi connectivity index (χ2n) is 9.65. The number of carbonyl (C=O) groups excluding carboxylic acids is 1. The average molecular weight is 480 g/mol. The third-order valence-electron chi connectivity index (χ3n) is 6.11. The van der Waals surface area contributed by atoms with Gasteiger partial charge in [-0.3, -0.25) is 14.4 Å². The predicted octanol–water partition coefficient (Wildman–Crippen LogP) is 3.40. The molecule has 9 nitrogen and oxygen atoms in total. The molecule has 4 rings (SSSR count). The standard InChI is InChI=1S/C26H33N5O4/c1-26(2,3)23-17-21(30(4)28-23)24(29-33)25(32)27-20-9-10-22(19-8-6-5-7-18(19)20)35-16-13-31-11-14-34-15-12-31/h5-10,17,33H,11-16H2,1-4H3,(H,27,32)/b29-24-. The Balaban J connectivity index is 1.52. The maximum atomic E-state index is 13.1. The summed E-state index contributed by atoms with van der Waals surface area (Å²) in [7, 11) is 1.72. The number of aromatic nitrogens is 2. The summed E-state index contributed by atoms with van der Waals surface area (Å²) in [5.74, 6) is 0.228. The van der Waals surface area contributed by atoms with E-state index < -0.39 is 5.91 Å². The molecule has 0 aliphatic carbocycles. The molecule has 0 saturated carbocycles. The molecule has 2 N–H and O–H groups in total. The normalized spacial score (nSPS) is 15.4. The molecule has 0 spiro atoms. The van der Waals surface area contributed by atoms with Crippen LogP contribution < -0.4 is 10.1 Å². The van der Waals surface area contributed by atoms with Gasteiger partial charge in [0.2, 0.25) is 0 Å². The van der Waals surface area contributed by atoms with Gasteiger partial charge < -0.3 is 20.0 Å². The van der Waals surface area contributed by atoms with Crippen molar-refractivity contribution in [1.29, 1.82) is 0 Å². The van der Waals surface area contributed by atoms with E-state index >= 15 is 0 Å². The Hall–Kier alpha value is -3.43. The van der Waals surface area contributed by atoms with Gasteiger partial charge in [0.05, 0.1) is 24.6 Å². The van der Waals surface area contributed by atoms with E-state index in [4.69, 9.17) is 9.47 Å². The number of benzene rings is 2. The van der Waals surface area contributed by atoms with Crippen LogP contribution in [0.1, 0.15) is 32.2 Å². The van der Waals surface area contributed by atoms with Gasteiger partial charge in [0.15, 0.2) is 5.71 Å². The van der Waals surface area contributed by atoms with Gasteiger partial charge in [0.1, 0.15) is 12.4 Å². The maximum Gasteiger partial charge on any atom is 0.279 e. The van der Waals surface area contributed by atoms with Gasteiger partial charge in [-0.2, -0.15) is 5.10 Å². The Kier molecular flexibility index (Phi) is 7.37. The van der Waals surface area contributed by atoms with Crippen LogP contribution in [0.4, 0.5) is 5.69 Å². The van der Waals surface area contributed by atoms with Crippen LogP contribution in [0.15, 0.2) is 47.6 Å². The number of hydrogen-bond donors (Lipinski definition) is 2. The van der Waals surface area contributed by atoms with Gasteiger partial charge in [0.25, 0.3) is 5.91 Å². The van der Waals surface area contributed by atoms with Crippen LogP contribution in [0.25, 0.3) is 10.8 Å². The van der Waals surface area contributed by atoms with Crippen molar-refractivity contribution in [1.82, 2.24) is 14.7 Å². The third kappa shape index (κ3) is 5.63. The molecule has 1 fully saturated rings. The summed E-state index contributed by atoms with van der Waals surface area (Å²) < 4.78 is 13.1. The van der Waals surface area contributed by atoms with Crippen molar-refractivity contribution in [2.45, 2.75) is 26.2 Å². The van der Waals surface area contributed by atoms with E-state index in [1.807, 2.05) is 57.2 Å². The molecule has 1 saturated heterocycles. The molecular formula is C26H33N5O4. The van der Waals surface area contributed by atoms with Crippen LogP contribution in [-0.2, 0) is 22.0 Å². The molecule has 1 aromatic heterocycles. The van der Waals surface area contributed by atoms with E-state index in [9.17, 15) is 10.0 Å². The first-order valence-corrected chi connectivity index (χ1v) is 11.8. The number of nitrogens with one attached hydrogen (secondary N) is 1. The zero-order valence-electron chi connectivity index (χ0n) is 20.7. The fourth-order valence-electron chi connectivity index (χ4n) is 4.07. The summed E-state index contributed by atoms with van der Waals surface area (Å²) in [6.45, 7) is 10.8. The van der Waals surface area contributed by atoms with E-state index in [2.05, 4.69) is 20.5 Å². The topological polar surface area (TPSA) is 101 Å². The number of aryl methyl sites for hydroxylation is 1. The lowest BCUT2D eigenvalue weighted by Gasteiger charge is -2.26. The Morgan fingerprint density at radius 3 is 2.54 bits per heavy atom. The number of ether oxygens (including phenoxy) is 2. The summed E-state index contributed by atoms with van der Waals surface area (Å²) in [5, 5.41) is 22.1. The Bertz CT molecular complexity index is 1220. The second-order valence-corrected chi connectivity index (χ2v) is 9.65. The van der Waals surface area contributed by atoms with Gasteiger partial charge in [-0.05, 0) is 18.2 Å².